The van der Waals surface area contributed by atoms with E-state index in [1.165, 1.54) is 5.57 Å². The van der Waals surface area contributed by atoms with Gasteiger partial charge in [0.15, 0.2) is 0 Å². The first-order valence-electron chi connectivity index (χ1n) is 7.93. The third-order valence-electron chi connectivity index (χ3n) is 4.00. The predicted molar refractivity (Wildman–Crippen MR) is 84.8 cm³/mol. The Bertz CT molecular complexity index is 312. The molecule has 4 heteroatoms. The Morgan fingerprint density at radius 1 is 1.25 bits per heavy atom. The fourth-order valence-corrected chi connectivity index (χ4v) is 2.55. The molecule has 1 aliphatic heterocycles. The summed E-state index contributed by atoms with van der Waals surface area (Å²) >= 11 is 0. The highest BCUT2D eigenvalue weighted by atomic mass is 16.2. The molecular formula is C16H31N3O. The number of nitrogens with zero attached hydrogens (tertiary/aromatic N) is 2. The molecule has 0 radical (unpaired) electrons. The molecule has 20 heavy (non-hydrogen) atoms. The van der Waals surface area contributed by atoms with E-state index in [9.17, 15) is 4.79 Å². The molecule has 0 bridgehead atoms. The van der Waals surface area contributed by atoms with Gasteiger partial charge >= 0.3 is 0 Å². The van der Waals surface area contributed by atoms with Crippen LogP contribution < -0.4 is 5.32 Å². The Balaban J connectivity index is 2.22. The molecule has 1 rings (SSSR count). The van der Waals surface area contributed by atoms with Gasteiger partial charge < -0.3 is 10.2 Å². The van der Waals surface area contributed by atoms with Crippen molar-refractivity contribution in [1.82, 2.24) is 15.1 Å². The van der Waals surface area contributed by atoms with Gasteiger partial charge in [-0.25, -0.2) is 0 Å². The van der Waals surface area contributed by atoms with Crippen molar-refractivity contribution in [3.8, 4) is 0 Å². The largest absolute Gasteiger partial charge is 0.342 e. The van der Waals surface area contributed by atoms with E-state index >= 15 is 0 Å². The zero-order chi connectivity index (χ0) is 15.0. The van der Waals surface area contributed by atoms with Crippen molar-refractivity contribution in [2.45, 2.75) is 46.6 Å². The minimum atomic E-state index is 0.224. The van der Waals surface area contributed by atoms with Crippen LogP contribution >= 0.6 is 0 Å². The van der Waals surface area contributed by atoms with Gasteiger partial charge in [-0.05, 0) is 53.6 Å². The number of amides is 1. The lowest BCUT2D eigenvalue weighted by Gasteiger charge is -2.32. The van der Waals surface area contributed by atoms with Gasteiger partial charge in [0.25, 0.3) is 0 Å². The number of hydrogen-bond donors (Lipinski definition) is 1. The Labute approximate surface area is 124 Å². The van der Waals surface area contributed by atoms with Crippen molar-refractivity contribution in [2.24, 2.45) is 0 Å². The summed E-state index contributed by atoms with van der Waals surface area (Å²) in [5.41, 5.74) is 1.38. The number of carbonyl (C=O) groups excluding carboxylic acids is 1. The maximum absolute atomic E-state index is 11.9. The highest BCUT2D eigenvalue weighted by Crippen LogP contribution is 2.10. The number of carbonyl (C=O) groups is 1. The zero-order valence-electron chi connectivity index (χ0n) is 13.6. The minimum absolute atomic E-state index is 0.224. The Morgan fingerprint density at radius 2 is 1.85 bits per heavy atom. The summed E-state index contributed by atoms with van der Waals surface area (Å²) in [6.07, 6.45) is 4.57. The second-order valence-corrected chi connectivity index (χ2v) is 5.80. The zero-order valence-corrected chi connectivity index (χ0v) is 13.6. The molecule has 0 atom stereocenters. The van der Waals surface area contributed by atoms with Crippen LogP contribution in [0.4, 0.5) is 0 Å². The molecule has 1 fully saturated rings. The molecule has 0 aromatic carbocycles. The van der Waals surface area contributed by atoms with E-state index in [4.69, 9.17) is 0 Å². The summed E-state index contributed by atoms with van der Waals surface area (Å²) in [7, 11) is 0. The maximum Gasteiger partial charge on any atom is 0.236 e. The van der Waals surface area contributed by atoms with E-state index < -0.39 is 0 Å². The lowest BCUT2D eigenvalue weighted by Crippen LogP contribution is -2.46. The van der Waals surface area contributed by atoms with E-state index in [1.54, 1.807) is 0 Å². The summed E-state index contributed by atoms with van der Waals surface area (Å²) in [5, 5.41) is 3.42. The minimum Gasteiger partial charge on any atom is -0.342 e. The number of likely N-dealkylation sites (tertiary alicyclic amines) is 1. The number of allylic oxidation sites excluding steroid dienone is 1. The summed E-state index contributed by atoms with van der Waals surface area (Å²) in [6.45, 7) is 13.8. The number of rotatable bonds is 7. The molecule has 0 aromatic heterocycles. The maximum atomic E-state index is 11.9. The number of piperidine rings is 1. The Morgan fingerprint density at radius 3 is 2.35 bits per heavy atom. The second-order valence-electron chi connectivity index (χ2n) is 5.80. The third-order valence-corrected chi connectivity index (χ3v) is 4.00. The van der Waals surface area contributed by atoms with Crippen LogP contribution in [0.2, 0.25) is 0 Å². The van der Waals surface area contributed by atoms with Crippen LogP contribution in [0.1, 0.15) is 40.5 Å². The first-order chi connectivity index (χ1) is 9.56. The van der Waals surface area contributed by atoms with Gasteiger partial charge in [-0.1, -0.05) is 11.6 Å². The molecule has 4 nitrogen and oxygen atoms in total. The molecule has 0 saturated carbocycles. The van der Waals surface area contributed by atoms with Crippen LogP contribution in [-0.2, 0) is 4.79 Å². The van der Waals surface area contributed by atoms with Gasteiger partial charge in [0.05, 0.1) is 6.54 Å². The van der Waals surface area contributed by atoms with Crippen LogP contribution in [0, 0.1) is 0 Å². The van der Waals surface area contributed by atoms with E-state index in [2.05, 4.69) is 30.1 Å². The molecule has 0 spiro atoms. The van der Waals surface area contributed by atoms with Gasteiger partial charge in [-0.15, -0.1) is 0 Å². The smallest absolute Gasteiger partial charge is 0.236 e. The fraction of sp³-hybridized carbons (Fsp3) is 0.812. The molecular weight excluding hydrogens is 250 g/mol. The second kappa shape index (κ2) is 9.14. The van der Waals surface area contributed by atoms with Crippen molar-refractivity contribution >= 4 is 5.91 Å². The van der Waals surface area contributed by atoms with E-state index in [0.717, 1.165) is 45.6 Å². The summed E-state index contributed by atoms with van der Waals surface area (Å²) in [5.74, 6) is 0.224. The average Bonchev–Trinajstić information content (AvgIpc) is 2.45. The van der Waals surface area contributed by atoms with Crippen LogP contribution in [-0.4, -0.2) is 61.0 Å². The summed E-state index contributed by atoms with van der Waals surface area (Å²) in [4.78, 5) is 16.3. The summed E-state index contributed by atoms with van der Waals surface area (Å²) in [6, 6.07) is 0.498. The molecule has 0 aromatic rings. The predicted octanol–water partition coefficient (Wildman–Crippen LogP) is 1.87. The molecule has 1 amide bonds. The molecule has 1 N–H and O–H groups in total. The monoisotopic (exact) mass is 281 g/mol. The lowest BCUT2D eigenvalue weighted by atomic mass is 10.0. The van der Waals surface area contributed by atoms with Crippen molar-refractivity contribution in [3.63, 3.8) is 0 Å². The van der Waals surface area contributed by atoms with Gasteiger partial charge in [0.2, 0.25) is 5.91 Å². The first-order valence-corrected chi connectivity index (χ1v) is 7.93. The summed E-state index contributed by atoms with van der Waals surface area (Å²) < 4.78 is 0. The van der Waals surface area contributed by atoms with Crippen LogP contribution in [0.25, 0.3) is 0 Å². The van der Waals surface area contributed by atoms with Gasteiger partial charge in [0, 0.05) is 25.7 Å². The number of nitrogens with one attached hydrogen (secondary N) is 1. The van der Waals surface area contributed by atoms with E-state index in [1.807, 2.05) is 18.7 Å². The van der Waals surface area contributed by atoms with E-state index in [0.29, 0.717) is 12.6 Å². The lowest BCUT2D eigenvalue weighted by molar-refractivity contribution is -0.130. The molecule has 1 aliphatic rings. The van der Waals surface area contributed by atoms with Crippen LogP contribution in [0.5, 0.6) is 0 Å². The van der Waals surface area contributed by atoms with E-state index in [-0.39, 0.29) is 5.91 Å². The van der Waals surface area contributed by atoms with Crippen molar-refractivity contribution in [3.05, 3.63) is 11.6 Å². The van der Waals surface area contributed by atoms with Crippen molar-refractivity contribution in [2.75, 3.05) is 39.3 Å². The normalized spacial score (nSPS) is 17.0. The number of likely N-dealkylation sites (N-methyl/N-ethyl adjacent to an activating group) is 1. The quantitative estimate of drug-likeness (QED) is 0.724. The van der Waals surface area contributed by atoms with Crippen molar-refractivity contribution < 1.29 is 4.79 Å². The third kappa shape index (κ3) is 6.06. The Hall–Kier alpha value is -0.870. The molecule has 0 unspecified atom stereocenters. The molecule has 0 aliphatic carbocycles. The van der Waals surface area contributed by atoms with Crippen LogP contribution in [0.3, 0.4) is 0 Å². The van der Waals surface area contributed by atoms with Gasteiger partial charge in [0.1, 0.15) is 0 Å². The van der Waals surface area contributed by atoms with Gasteiger partial charge in [-0.2, -0.15) is 0 Å². The average molecular weight is 281 g/mol. The van der Waals surface area contributed by atoms with Crippen molar-refractivity contribution in [1.29, 1.82) is 0 Å². The molecule has 1 heterocycles. The fourth-order valence-electron chi connectivity index (χ4n) is 2.55. The first kappa shape index (κ1) is 17.2. The van der Waals surface area contributed by atoms with Gasteiger partial charge in [-0.3, -0.25) is 9.69 Å². The standard InChI is InChI=1S/C16H31N3O/c1-5-19(6-2)16(20)13-17-15-8-11-18(12-9-15)10-7-14(3)4/h7,15,17H,5-6,8-13H2,1-4H3. The van der Waals surface area contributed by atoms with Crippen LogP contribution in [0.15, 0.2) is 11.6 Å². The SMILES string of the molecule is CCN(CC)C(=O)CNC1CCN(CC=C(C)C)CC1. The molecule has 116 valence electrons. The highest BCUT2D eigenvalue weighted by molar-refractivity contribution is 5.78. The topological polar surface area (TPSA) is 35.6 Å². The number of hydrogen-bond acceptors (Lipinski definition) is 3. The Kier molecular flexibility index (Phi) is 7.85. The highest BCUT2D eigenvalue weighted by Gasteiger charge is 2.19. The molecule has 1 saturated heterocycles.